The van der Waals surface area contributed by atoms with Crippen LogP contribution in [0.2, 0.25) is 0 Å². The largest absolute Gasteiger partial charge is 0.317 e. The van der Waals surface area contributed by atoms with Crippen LogP contribution in [-0.2, 0) is 6.54 Å². The summed E-state index contributed by atoms with van der Waals surface area (Å²) in [5, 5.41) is 12.1. The van der Waals surface area contributed by atoms with E-state index in [1.54, 1.807) is 0 Å². The average molecular weight is 220 g/mol. The first kappa shape index (κ1) is 10.3. The highest BCUT2D eigenvalue weighted by Crippen LogP contribution is 2.38. The van der Waals surface area contributed by atoms with Gasteiger partial charge < -0.3 is 9.88 Å². The van der Waals surface area contributed by atoms with Crippen LogP contribution in [0, 0.1) is 5.92 Å². The molecule has 3 rings (SSSR count). The maximum atomic E-state index is 4.28. The van der Waals surface area contributed by atoms with Crippen molar-refractivity contribution in [3.8, 4) is 0 Å². The van der Waals surface area contributed by atoms with Gasteiger partial charge in [-0.3, -0.25) is 0 Å². The highest BCUT2D eigenvalue weighted by Gasteiger charge is 2.37. The summed E-state index contributed by atoms with van der Waals surface area (Å²) >= 11 is 0. The first-order valence-corrected chi connectivity index (χ1v) is 6.52. The molecule has 0 spiro atoms. The Morgan fingerprint density at radius 3 is 3.12 bits per heavy atom. The molecule has 2 fully saturated rings. The van der Waals surface area contributed by atoms with Crippen LogP contribution >= 0.6 is 0 Å². The molecule has 16 heavy (non-hydrogen) atoms. The molecule has 0 amide bonds. The number of aromatic nitrogens is 3. The van der Waals surface area contributed by atoms with Gasteiger partial charge in [0.1, 0.15) is 12.2 Å². The predicted molar refractivity (Wildman–Crippen MR) is 61.9 cm³/mol. The minimum atomic E-state index is 0.440. The molecular weight excluding hydrogens is 200 g/mol. The normalized spacial score (nSPS) is 33.9. The zero-order chi connectivity index (χ0) is 11.0. The minimum Gasteiger partial charge on any atom is -0.317 e. The fourth-order valence-corrected chi connectivity index (χ4v) is 3.30. The summed E-state index contributed by atoms with van der Waals surface area (Å²) in [6.45, 7) is 3.12. The quantitative estimate of drug-likeness (QED) is 0.827. The van der Waals surface area contributed by atoms with Crippen LogP contribution in [0.1, 0.15) is 50.9 Å². The lowest BCUT2D eigenvalue weighted by Crippen LogP contribution is -2.31. The van der Waals surface area contributed by atoms with E-state index in [-0.39, 0.29) is 0 Å². The first-order chi connectivity index (χ1) is 7.88. The average Bonchev–Trinajstić information content (AvgIpc) is 2.94. The molecule has 3 atom stereocenters. The first-order valence-electron chi connectivity index (χ1n) is 6.52. The van der Waals surface area contributed by atoms with Crippen LogP contribution < -0.4 is 5.32 Å². The standard InChI is InChI=1S/C12H20N4/c1-2-16-8-13-15-12(16)11-7-9-5-3-4-6-10(9)14-11/h8-11,14H,2-7H2,1H3. The molecule has 1 N–H and O–H groups in total. The summed E-state index contributed by atoms with van der Waals surface area (Å²) in [6.07, 6.45) is 8.65. The highest BCUT2D eigenvalue weighted by molar-refractivity contribution is 5.03. The number of hydrogen-bond donors (Lipinski definition) is 1. The van der Waals surface area contributed by atoms with E-state index in [1.165, 1.54) is 32.1 Å². The fraction of sp³-hybridized carbons (Fsp3) is 0.833. The number of aryl methyl sites for hydroxylation is 1. The second kappa shape index (κ2) is 4.17. The van der Waals surface area contributed by atoms with Crippen molar-refractivity contribution in [2.45, 2.75) is 57.7 Å². The Bertz CT molecular complexity index is 346. The molecule has 1 aliphatic heterocycles. The predicted octanol–water partition coefficient (Wildman–Crippen LogP) is 1.89. The number of nitrogens with one attached hydrogen (secondary N) is 1. The number of hydrogen-bond acceptors (Lipinski definition) is 3. The SMILES string of the molecule is CCn1cnnc1C1CC2CCCCC2N1. The van der Waals surface area contributed by atoms with Gasteiger partial charge in [0.25, 0.3) is 0 Å². The second-order valence-electron chi connectivity index (χ2n) is 5.08. The van der Waals surface area contributed by atoms with Crippen molar-refractivity contribution in [3.63, 3.8) is 0 Å². The van der Waals surface area contributed by atoms with Gasteiger partial charge in [0, 0.05) is 12.6 Å². The third-order valence-corrected chi connectivity index (χ3v) is 4.16. The molecule has 0 radical (unpaired) electrons. The molecule has 1 saturated carbocycles. The van der Waals surface area contributed by atoms with E-state index in [9.17, 15) is 0 Å². The fourth-order valence-electron chi connectivity index (χ4n) is 3.30. The van der Waals surface area contributed by atoms with Crippen LogP contribution in [0.5, 0.6) is 0 Å². The Hall–Kier alpha value is -0.900. The Balaban J connectivity index is 1.77. The topological polar surface area (TPSA) is 42.7 Å². The van der Waals surface area contributed by atoms with Crippen molar-refractivity contribution < 1.29 is 0 Å². The van der Waals surface area contributed by atoms with Gasteiger partial charge in [-0.1, -0.05) is 12.8 Å². The lowest BCUT2D eigenvalue weighted by molar-refractivity contribution is 0.325. The van der Waals surface area contributed by atoms with E-state index in [2.05, 4.69) is 27.0 Å². The Kier molecular flexibility index (Phi) is 2.67. The van der Waals surface area contributed by atoms with Gasteiger partial charge in [0.2, 0.25) is 0 Å². The third-order valence-electron chi connectivity index (χ3n) is 4.16. The lowest BCUT2D eigenvalue weighted by atomic mass is 9.85. The van der Waals surface area contributed by atoms with Crippen LogP contribution in [0.15, 0.2) is 6.33 Å². The molecule has 4 nitrogen and oxygen atoms in total. The molecule has 3 unspecified atom stereocenters. The smallest absolute Gasteiger partial charge is 0.149 e. The number of rotatable bonds is 2. The summed E-state index contributed by atoms with van der Waals surface area (Å²) < 4.78 is 2.16. The minimum absolute atomic E-state index is 0.440. The van der Waals surface area contributed by atoms with Crippen molar-refractivity contribution in [1.29, 1.82) is 0 Å². The van der Waals surface area contributed by atoms with Crippen molar-refractivity contribution in [2.24, 2.45) is 5.92 Å². The molecule has 1 aromatic rings. The van der Waals surface area contributed by atoms with E-state index in [0.29, 0.717) is 6.04 Å². The summed E-state index contributed by atoms with van der Waals surface area (Å²) in [7, 11) is 0. The van der Waals surface area contributed by atoms with Crippen molar-refractivity contribution >= 4 is 0 Å². The van der Waals surface area contributed by atoms with Gasteiger partial charge in [-0.2, -0.15) is 0 Å². The van der Waals surface area contributed by atoms with Gasteiger partial charge in [-0.25, -0.2) is 0 Å². The van der Waals surface area contributed by atoms with Gasteiger partial charge >= 0.3 is 0 Å². The maximum absolute atomic E-state index is 4.28. The molecule has 1 saturated heterocycles. The van der Waals surface area contributed by atoms with Crippen LogP contribution in [0.4, 0.5) is 0 Å². The Labute approximate surface area is 96.4 Å². The second-order valence-corrected chi connectivity index (χ2v) is 5.08. The summed E-state index contributed by atoms with van der Waals surface area (Å²) in [4.78, 5) is 0. The van der Waals surface area contributed by atoms with Crippen molar-refractivity contribution in [1.82, 2.24) is 20.1 Å². The lowest BCUT2D eigenvalue weighted by Gasteiger charge is -2.24. The number of fused-ring (bicyclic) bond motifs is 1. The molecule has 88 valence electrons. The van der Waals surface area contributed by atoms with Gasteiger partial charge in [0.05, 0.1) is 6.04 Å². The summed E-state index contributed by atoms with van der Waals surface area (Å²) in [5.41, 5.74) is 0. The Morgan fingerprint density at radius 2 is 2.31 bits per heavy atom. The Morgan fingerprint density at radius 1 is 1.44 bits per heavy atom. The monoisotopic (exact) mass is 220 g/mol. The molecule has 0 bridgehead atoms. The van der Waals surface area contributed by atoms with Crippen molar-refractivity contribution in [3.05, 3.63) is 12.2 Å². The van der Waals surface area contributed by atoms with E-state index < -0.39 is 0 Å². The molecular formula is C12H20N4. The van der Waals surface area contributed by atoms with Crippen LogP contribution in [0.3, 0.4) is 0 Å². The van der Waals surface area contributed by atoms with E-state index in [0.717, 1.165) is 24.3 Å². The third kappa shape index (κ3) is 1.65. The van der Waals surface area contributed by atoms with Crippen LogP contribution in [0.25, 0.3) is 0 Å². The van der Waals surface area contributed by atoms with E-state index >= 15 is 0 Å². The van der Waals surface area contributed by atoms with Crippen LogP contribution in [-0.4, -0.2) is 20.8 Å². The molecule has 2 heterocycles. The number of nitrogens with zero attached hydrogens (tertiary/aromatic N) is 3. The molecule has 1 aliphatic carbocycles. The molecule has 2 aliphatic rings. The summed E-state index contributed by atoms with van der Waals surface area (Å²) in [5.74, 6) is 2.01. The zero-order valence-corrected chi connectivity index (χ0v) is 9.89. The van der Waals surface area contributed by atoms with Gasteiger partial charge in [-0.15, -0.1) is 10.2 Å². The van der Waals surface area contributed by atoms with Gasteiger partial charge in [-0.05, 0) is 32.1 Å². The molecule has 1 aromatic heterocycles. The van der Waals surface area contributed by atoms with Gasteiger partial charge in [0.15, 0.2) is 0 Å². The van der Waals surface area contributed by atoms with E-state index in [4.69, 9.17) is 0 Å². The maximum Gasteiger partial charge on any atom is 0.149 e. The molecule has 4 heteroatoms. The van der Waals surface area contributed by atoms with Crippen molar-refractivity contribution in [2.75, 3.05) is 0 Å². The van der Waals surface area contributed by atoms with E-state index in [1.807, 2.05) is 6.33 Å². The highest BCUT2D eigenvalue weighted by atomic mass is 15.3. The summed E-state index contributed by atoms with van der Waals surface area (Å²) in [6, 6.07) is 1.18. The molecule has 0 aromatic carbocycles. The zero-order valence-electron chi connectivity index (χ0n) is 9.89.